The predicted octanol–water partition coefficient (Wildman–Crippen LogP) is 0.425. The number of carbonyl (C=O) groups is 1. The Bertz CT molecular complexity index is 139. The molecule has 0 amide bonds. The monoisotopic (exact) mass is 141 g/mol. The molecule has 0 aromatic rings. The molecule has 1 aliphatic heterocycles. The lowest BCUT2D eigenvalue weighted by atomic mass is 10.2. The van der Waals surface area contributed by atoms with Gasteiger partial charge in [0.1, 0.15) is 6.04 Å². The molecule has 1 atom stereocenters. The second kappa shape index (κ2) is 3.37. The molecular formula is C7H11NO2. The second-order valence-electron chi connectivity index (χ2n) is 2.25. The quantitative estimate of drug-likeness (QED) is 0.447. The van der Waals surface area contributed by atoms with E-state index in [0.717, 1.165) is 19.4 Å². The van der Waals surface area contributed by atoms with Gasteiger partial charge in [-0.05, 0) is 19.4 Å². The molecule has 0 radical (unpaired) electrons. The minimum Gasteiger partial charge on any atom is -0.434 e. The zero-order chi connectivity index (χ0) is 7.40. The highest BCUT2D eigenvalue weighted by molar-refractivity contribution is 5.76. The summed E-state index contributed by atoms with van der Waals surface area (Å²) in [4.78, 5) is 10.9. The first-order chi connectivity index (χ1) is 4.84. The Morgan fingerprint density at radius 2 is 2.60 bits per heavy atom. The van der Waals surface area contributed by atoms with E-state index in [-0.39, 0.29) is 12.0 Å². The van der Waals surface area contributed by atoms with E-state index >= 15 is 0 Å². The normalized spacial score (nSPS) is 24.2. The van der Waals surface area contributed by atoms with Gasteiger partial charge < -0.3 is 10.1 Å². The standard InChI is InChI=1S/C7H11NO2/c1-2-10-7(9)6-4-3-5-8-6/h2,6,8H,1,3-5H2. The molecule has 1 fully saturated rings. The minimum absolute atomic E-state index is 0.0991. The number of hydrogen-bond donors (Lipinski definition) is 1. The highest BCUT2D eigenvalue weighted by Gasteiger charge is 2.22. The van der Waals surface area contributed by atoms with Gasteiger partial charge in [0.15, 0.2) is 0 Å². The van der Waals surface area contributed by atoms with Crippen LogP contribution in [-0.2, 0) is 9.53 Å². The maximum absolute atomic E-state index is 10.9. The summed E-state index contributed by atoms with van der Waals surface area (Å²) in [7, 11) is 0. The molecule has 1 saturated heterocycles. The number of nitrogens with one attached hydrogen (secondary N) is 1. The molecule has 0 aliphatic carbocycles. The smallest absolute Gasteiger partial charge is 0.327 e. The van der Waals surface area contributed by atoms with Crippen molar-refractivity contribution in [3.8, 4) is 0 Å². The minimum atomic E-state index is -0.215. The summed E-state index contributed by atoms with van der Waals surface area (Å²) in [5.74, 6) is -0.215. The van der Waals surface area contributed by atoms with E-state index in [0.29, 0.717) is 0 Å². The second-order valence-corrected chi connectivity index (χ2v) is 2.25. The molecule has 0 spiro atoms. The Morgan fingerprint density at radius 3 is 3.10 bits per heavy atom. The first-order valence-corrected chi connectivity index (χ1v) is 3.39. The Balaban J connectivity index is 2.32. The number of carbonyl (C=O) groups excluding carboxylic acids is 1. The third-order valence-electron chi connectivity index (χ3n) is 1.54. The third kappa shape index (κ3) is 1.57. The Kier molecular flexibility index (Phi) is 2.45. The molecule has 0 saturated carbocycles. The fourth-order valence-electron chi connectivity index (χ4n) is 1.05. The van der Waals surface area contributed by atoms with E-state index in [1.54, 1.807) is 0 Å². The van der Waals surface area contributed by atoms with Gasteiger partial charge >= 0.3 is 5.97 Å². The van der Waals surface area contributed by atoms with Gasteiger partial charge in [-0.15, -0.1) is 0 Å². The molecule has 1 rings (SSSR count). The van der Waals surface area contributed by atoms with Crippen LogP contribution in [0.15, 0.2) is 12.8 Å². The zero-order valence-electron chi connectivity index (χ0n) is 5.80. The molecule has 0 aromatic heterocycles. The average Bonchev–Trinajstić information content (AvgIpc) is 2.38. The van der Waals surface area contributed by atoms with Crippen LogP contribution in [0.4, 0.5) is 0 Å². The summed E-state index contributed by atoms with van der Waals surface area (Å²) in [6.45, 7) is 4.21. The Labute approximate surface area is 60.1 Å². The van der Waals surface area contributed by atoms with E-state index in [2.05, 4.69) is 16.6 Å². The number of ether oxygens (including phenoxy) is 1. The van der Waals surface area contributed by atoms with Crippen LogP contribution in [-0.4, -0.2) is 18.6 Å². The van der Waals surface area contributed by atoms with Gasteiger partial charge in [-0.1, -0.05) is 6.58 Å². The van der Waals surface area contributed by atoms with E-state index in [1.807, 2.05) is 0 Å². The number of esters is 1. The molecule has 56 valence electrons. The van der Waals surface area contributed by atoms with Gasteiger partial charge in [-0.2, -0.15) is 0 Å². The predicted molar refractivity (Wildman–Crippen MR) is 37.3 cm³/mol. The van der Waals surface area contributed by atoms with Crippen LogP contribution in [0.25, 0.3) is 0 Å². The molecule has 1 N–H and O–H groups in total. The van der Waals surface area contributed by atoms with Crippen molar-refractivity contribution < 1.29 is 9.53 Å². The van der Waals surface area contributed by atoms with Crippen molar-refractivity contribution in [3.63, 3.8) is 0 Å². The third-order valence-corrected chi connectivity index (χ3v) is 1.54. The van der Waals surface area contributed by atoms with Crippen LogP contribution < -0.4 is 5.32 Å². The SMILES string of the molecule is C=COC(=O)C1CCCN1. The topological polar surface area (TPSA) is 38.3 Å². The highest BCUT2D eigenvalue weighted by atomic mass is 16.5. The molecule has 1 heterocycles. The van der Waals surface area contributed by atoms with Crippen molar-refractivity contribution in [1.29, 1.82) is 0 Å². The van der Waals surface area contributed by atoms with Gasteiger partial charge in [-0.25, -0.2) is 4.79 Å². The van der Waals surface area contributed by atoms with Crippen molar-refractivity contribution in [2.75, 3.05) is 6.54 Å². The Morgan fingerprint density at radius 1 is 1.80 bits per heavy atom. The van der Waals surface area contributed by atoms with Crippen LogP contribution in [0, 0.1) is 0 Å². The van der Waals surface area contributed by atoms with Crippen molar-refractivity contribution in [2.45, 2.75) is 18.9 Å². The van der Waals surface area contributed by atoms with Gasteiger partial charge in [-0.3, -0.25) is 0 Å². The van der Waals surface area contributed by atoms with Crippen LogP contribution in [0.2, 0.25) is 0 Å². The summed E-state index contributed by atoms with van der Waals surface area (Å²) < 4.78 is 4.59. The molecule has 10 heavy (non-hydrogen) atoms. The molecule has 0 bridgehead atoms. The maximum atomic E-state index is 10.9. The summed E-state index contributed by atoms with van der Waals surface area (Å²) in [6, 6.07) is -0.0991. The number of rotatable bonds is 2. The zero-order valence-corrected chi connectivity index (χ0v) is 5.80. The molecule has 0 aromatic carbocycles. The molecular weight excluding hydrogens is 130 g/mol. The van der Waals surface area contributed by atoms with Crippen LogP contribution in [0.1, 0.15) is 12.8 Å². The van der Waals surface area contributed by atoms with Crippen molar-refractivity contribution in [1.82, 2.24) is 5.32 Å². The summed E-state index contributed by atoms with van der Waals surface area (Å²) in [5.41, 5.74) is 0. The molecule has 3 nitrogen and oxygen atoms in total. The lowest BCUT2D eigenvalue weighted by molar-refractivity contribution is -0.139. The Hall–Kier alpha value is -0.830. The summed E-state index contributed by atoms with van der Waals surface area (Å²) in [6.07, 6.45) is 3.10. The van der Waals surface area contributed by atoms with E-state index in [4.69, 9.17) is 0 Å². The van der Waals surface area contributed by atoms with E-state index in [9.17, 15) is 4.79 Å². The van der Waals surface area contributed by atoms with E-state index in [1.165, 1.54) is 6.26 Å². The molecule has 1 unspecified atom stereocenters. The van der Waals surface area contributed by atoms with Crippen LogP contribution in [0.5, 0.6) is 0 Å². The maximum Gasteiger partial charge on any atom is 0.327 e. The van der Waals surface area contributed by atoms with Crippen molar-refractivity contribution in [3.05, 3.63) is 12.8 Å². The lowest BCUT2D eigenvalue weighted by Gasteiger charge is -2.05. The largest absolute Gasteiger partial charge is 0.434 e. The van der Waals surface area contributed by atoms with Crippen LogP contribution >= 0.6 is 0 Å². The highest BCUT2D eigenvalue weighted by Crippen LogP contribution is 2.05. The summed E-state index contributed by atoms with van der Waals surface area (Å²) >= 11 is 0. The number of hydrogen-bond acceptors (Lipinski definition) is 3. The molecule has 1 aliphatic rings. The van der Waals surface area contributed by atoms with Gasteiger partial charge in [0.05, 0.1) is 6.26 Å². The van der Waals surface area contributed by atoms with E-state index < -0.39 is 0 Å². The fourth-order valence-corrected chi connectivity index (χ4v) is 1.05. The fraction of sp³-hybridized carbons (Fsp3) is 0.571. The van der Waals surface area contributed by atoms with Gasteiger partial charge in [0.25, 0.3) is 0 Å². The van der Waals surface area contributed by atoms with Crippen molar-refractivity contribution >= 4 is 5.97 Å². The van der Waals surface area contributed by atoms with Crippen molar-refractivity contribution in [2.24, 2.45) is 0 Å². The first kappa shape index (κ1) is 7.28. The average molecular weight is 141 g/mol. The van der Waals surface area contributed by atoms with Gasteiger partial charge in [0.2, 0.25) is 0 Å². The van der Waals surface area contributed by atoms with Gasteiger partial charge in [0, 0.05) is 0 Å². The van der Waals surface area contributed by atoms with Crippen LogP contribution in [0.3, 0.4) is 0 Å². The first-order valence-electron chi connectivity index (χ1n) is 3.39. The molecule has 3 heteroatoms. The lowest BCUT2D eigenvalue weighted by Crippen LogP contribution is -2.31. The summed E-state index contributed by atoms with van der Waals surface area (Å²) in [5, 5.41) is 3.02.